The summed E-state index contributed by atoms with van der Waals surface area (Å²) in [5.41, 5.74) is 0. The van der Waals surface area contributed by atoms with Gasteiger partial charge in [0.15, 0.2) is 9.84 Å². The standard InChI is InChI=1S/C16H15NO4S4/c18-24(19,16-9-5-11-23-16)15(14-8-4-10-22-14)12-17-25(20,21)13-6-2-1-3-7-13/h1-11,15,17H,12H2. The van der Waals surface area contributed by atoms with Gasteiger partial charge in [0, 0.05) is 11.4 Å². The lowest BCUT2D eigenvalue weighted by Gasteiger charge is -2.16. The minimum Gasteiger partial charge on any atom is -0.222 e. The normalized spacial score (nSPS) is 13.6. The van der Waals surface area contributed by atoms with Gasteiger partial charge in [-0.3, -0.25) is 0 Å². The van der Waals surface area contributed by atoms with Crippen LogP contribution < -0.4 is 4.72 Å². The molecule has 1 atom stereocenters. The molecular formula is C16H15NO4S4. The van der Waals surface area contributed by atoms with E-state index in [-0.39, 0.29) is 15.6 Å². The van der Waals surface area contributed by atoms with Gasteiger partial charge < -0.3 is 0 Å². The molecule has 2 heterocycles. The fourth-order valence-electron chi connectivity index (χ4n) is 2.27. The first-order valence-electron chi connectivity index (χ1n) is 7.27. The molecule has 0 amide bonds. The van der Waals surface area contributed by atoms with Crippen LogP contribution in [0.25, 0.3) is 0 Å². The zero-order valence-electron chi connectivity index (χ0n) is 12.9. The Morgan fingerprint density at radius 2 is 1.52 bits per heavy atom. The summed E-state index contributed by atoms with van der Waals surface area (Å²) in [6.07, 6.45) is 0. The highest BCUT2D eigenvalue weighted by atomic mass is 32.2. The topological polar surface area (TPSA) is 80.3 Å². The molecule has 2 aromatic heterocycles. The van der Waals surface area contributed by atoms with Gasteiger partial charge in [-0.05, 0) is 35.0 Å². The Bertz CT molecular complexity index is 1010. The lowest BCUT2D eigenvalue weighted by Crippen LogP contribution is -2.31. The van der Waals surface area contributed by atoms with Gasteiger partial charge in [0.05, 0.1) is 4.90 Å². The summed E-state index contributed by atoms with van der Waals surface area (Å²) in [7, 11) is -7.47. The second-order valence-electron chi connectivity index (χ2n) is 5.15. The summed E-state index contributed by atoms with van der Waals surface area (Å²) in [4.78, 5) is 0.706. The van der Waals surface area contributed by atoms with E-state index in [1.807, 2.05) is 0 Å². The zero-order valence-corrected chi connectivity index (χ0v) is 16.2. The SMILES string of the molecule is O=S(=O)(NCC(c1cccs1)S(=O)(=O)c1cccs1)c1ccccc1. The van der Waals surface area contributed by atoms with E-state index in [4.69, 9.17) is 0 Å². The van der Waals surface area contributed by atoms with Crippen LogP contribution in [0.15, 0.2) is 74.5 Å². The van der Waals surface area contributed by atoms with E-state index >= 15 is 0 Å². The summed E-state index contributed by atoms with van der Waals surface area (Å²) >= 11 is 2.42. The zero-order chi connectivity index (χ0) is 17.9. The molecule has 9 heteroatoms. The molecule has 0 aliphatic heterocycles. The van der Waals surface area contributed by atoms with E-state index in [1.165, 1.54) is 29.5 Å². The van der Waals surface area contributed by atoms with Crippen molar-refractivity contribution in [1.29, 1.82) is 0 Å². The Morgan fingerprint density at radius 1 is 0.840 bits per heavy atom. The van der Waals surface area contributed by atoms with Crippen LogP contribution in [0.5, 0.6) is 0 Å². The lowest BCUT2D eigenvalue weighted by molar-refractivity contribution is 0.570. The number of hydrogen-bond acceptors (Lipinski definition) is 6. The van der Waals surface area contributed by atoms with Crippen LogP contribution in [0.2, 0.25) is 0 Å². The van der Waals surface area contributed by atoms with E-state index in [1.54, 1.807) is 47.2 Å². The molecule has 0 saturated carbocycles. The van der Waals surface area contributed by atoms with Crippen LogP contribution >= 0.6 is 22.7 Å². The van der Waals surface area contributed by atoms with Crippen LogP contribution in [0.3, 0.4) is 0 Å². The molecule has 0 saturated heterocycles. The third kappa shape index (κ3) is 4.01. The Kier molecular flexibility index (Phi) is 5.40. The summed E-state index contributed by atoms with van der Waals surface area (Å²) in [5.74, 6) is 0. The summed E-state index contributed by atoms with van der Waals surface area (Å²) < 4.78 is 53.4. The molecule has 0 radical (unpaired) electrons. The molecule has 1 N–H and O–H groups in total. The van der Waals surface area contributed by atoms with E-state index in [2.05, 4.69) is 4.72 Å². The van der Waals surface area contributed by atoms with Gasteiger partial charge in [-0.25, -0.2) is 21.6 Å². The molecule has 3 rings (SSSR count). The molecule has 0 fully saturated rings. The monoisotopic (exact) mass is 413 g/mol. The summed E-state index contributed by atoms with van der Waals surface area (Å²) in [6.45, 7) is -0.224. The van der Waals surface area contributed by atoms with E-state index < -0.39 is 25.1 Å². The van der Waals surface area contributed by atoms with Crippen LogP contribution in [-0.4, -0.2) is 23.4 Å². The Labute approximate surface area is 154 Å². The molecule has 3 aromatic rings. The second-order valence-corrected chi connectivity index (χ2v) is 11.2. The minimum absolute atomic E-state index is 0.105. The lowest BCUT2D eigenvalue weighted by atomic mass is 10.3. The molecule has 1 unspecified atom stereocenters. The number of benzene rings is 1. The minimum atomic E-state index is -3.78. The number of thiophene rings is 2. The van der Waals surface area contributed by atoms with Crippen LogP contribution in [-0.2, 0) is 19.9 Å². The molecular weight excluding hydrogens is 398 g/mol. The third-order valence-electron chi connectivity index (χ3n) is 3.52. The predicted octanol–water partition coefficient (Wildman–Crippen LogP) is 3.30. The van der Waals surface area contributed by atoms with Crippen molar-refractivity contribution >= 4 is 42.5 Å². The smallest absolute Gasteiger partial charge is 0.222 e. The van der Waals surface area contributed by atoms with Crippen molar-refractivity contribution in [3.8, 4) is 0 Å². The molecule has 25 heavy (non-hydrogen) atoms. The highest BCUT2D eigenvalue weighted by molar-refractivity contribution is 7.94. The molecule has 132 valence electrons. The predicted molar refractivity (Wildman–Crippen MR) is 100 cm³/mol. The highest BCUT2D eigenvalue weighted by Gasteiger charge is 2.32. The highest BCUT2D eigenvalue weighted by Crippen LogP contribution is 2.33. The van der Waals surface area contributed by atoms with E-state index in [0.717, 1.165) is 11.3 Å². The van der Waals surface area contributed by atoms with Gasteiger partial charge in [-0.15, -0.1) is 22.7 Å². The maximum absolute atomic E-state index is 12.9. The second kappa shape index (κ2) is 7.38. The average molecular weight is 414 g/mol. The molecule has 0 aliphatic rings. The van der Waals surface area contributed by atoms with Crippen molar-refractivity contribution in [3.63, 3.8) is 0 Å². The Morgan fingerprint density at radius 3 is 2.12 bits per heavy atom. The van der Waals surface area contributed by atoms with Gasteiger partial charge >= 0.3 is 0 Å². The molecule has 1 aromatic carbocycles. The van der Waals surface area contributed by atoms with Gasteiger partial charge in [0.25, 0.3) is 0 Å². The molecule has 0 bridgehead atoms. The Hall–Kier alpha value is -1.52. The number of hydrogen-bond donors (Lipinski definition) is 1. The van der Waals surface area contributed by atoms with E-state index in [9.17, 15) is 16.8 Å². The average Bonchev–Trinajstić information content (AvgIpc) is 3.30. The summed E-state index contributed by atoms with van der Waals surface area (Å²) in [6, 6.07) is 14.5. The van der Waals surface area contributed by atoms with Gasteiger partial charge in [0.1, 0.15) is 9.46 Å². The van der Waals surface area contributed by atoms with Crippen molar-refractivity contribution in [3.05, 3.63) is 70.2 Å². The van der Waals surface area contributed by atoms with Crippen molar-refractivity contribution < 1.29 is 16.8 Å². The van der Waals surface area contributed by atoms with Gasteiger partial charge in [-0.1, -0.05) is 30.3 Å². The van der Waals surface area contributed by atoms with Crippen LogP contribution in [0.1, 0.15) is 10.1 Å². The maximum Gasteiger partial charge on any atom is 0.240 e. The first-order chi connectivity index (χ1) is 11.9. The van der Waals surface area contributed by atoms with Crippen molar-refractivity contribution in [2.75, 3.05) is 6.54 Å². The van der Waals surface area contributed by atoms with Crippen molar-refractivity contribution in [2.24, 2.45) is 0 Å². The van der Waals surface area contributed by atoms with Crippen molar-refractivity contribution in [1.82, 2.24) is 4.72 Å². The third-order valence-corrected chi connectivity index (χ3v) is 9.61. The first kappa shape index (κ1) is 18.3. The van der Waals surface area contributed by atoms with Crippen molar-refractivity contribution in [2.45, 2.75) is 14.4 Å². The van der Waals surface area contributed by atoms with Gasteiger partial charge in [-0.2, -0.15) is 0 Å². The number of sulfonamides is 1. The van der Waals surface area contributed by atoms with Crippen LogP contribution in [0.4, 0.5) is 0 Å². The number of nitrogens with one attached hydrogen (secondary N) is 1. The quantitative estimate of drug-likeness (QED) is 0.644. The fraction of sp³-hybridized carbons (Fsp3) is 0.125. The Balaban J connectivity index is 1.90. The molecule has 5 nitrogen and oxygen atoms in total. The largest absolute Gasteiger partial charge is 0.240 e. The first-order valence-corrected chi connectivity index (χ1v) is 12.1. The molecule has 0 spiro atoms. The summed E-state index contributed by atoms with van der Waals surface area (Å²) in [5, 5.41) is 2.49. The van der Waals surface area contributed by atoms with Crippen LogP contribution in [0, 0.1) is 0 Å². The number of sulfone groups is 1. The molecule has 0 aliphatic carbocycles. The van der Waals surface area contributed by atoms with Gasteiger partial charge in [0.2, 0.25) is 10.0 Å². The van der Waals surface area contributed by atoms with E-state index in [0.29, 0.717) is 4.88 Å². The number of rotatable bonds is 7. The fourth-order valence-corrected chi connectivity index (χ4v) is 7.43. The maximum atomic E-state index is 12.9.